The third-order valence-electron chi connectivity index (χ3n) is 1.78. The standard InChI is InChI=1S/C5H5BrN2O.C5H6N2O/c1-8-2-4(6)5(3-9)7-8;1-7-3-2-5(4-8)6-7/h2-3H,1H3;2-4H,1H3. The van der Waals surface area contributed by atoms with Gasteiger partial charge in [0.1, 0.15) is 11.4 Å². The van der Waals surface area contributed by atoms with Crippen LogP contribution in [0.15, 0.2) is 22.9 Å². The summed E-state index contributed by atoms with van der Waals surface area (Å²) in [6.45, 7) is 0. The Hall–Kier alpha value is -1.76. The minimum atomic E-state index is 0.442. The summed E-state index contributed by atoms with van der Waals surface area (Å²) >= 11 is 3.16. The van der Waals surface area contributed by atoms with E-state index in [0.717, 1.165) is 10.8 Å². The number of aryl methyl sites for hydroxylation is 2. The van der Waals surface area contributed by atoms with Crippen molar-refractivity contribution in [2.75, 3.05) is 0 Å². The average Bonchev–Trinajstić information content (AvgIpc) is 2.85. The molecule has 0 fully saturated rings. The summed E-state index contributed by atoms with van der Waals surface area (Å²) in [6.07, 6.45) is 4.89. The van der Waals surface area contributed by atoms with Crippen molar-refractivity contribution in [2.24, 2.45) is 14.1 Å². The second kappa shape index (κ2) is 6.09. The van der Waals surface area contributed by atoms with Gasteiger partial charge in [-0.15, -0.1) is 0 Å². The molecule has 2 aromatic heterocycles. The van der Waals surface area contributed by atoms with Crippen LogP contribution in [0.5, 0.6) is 0 Å². The fraction of sp³-hybridized carbons (Fsp3) is 0.200. The van der Waals surface area contributed by atoms with Gasteiger partial charge in [-0.1, -0.05) is 0 Å². The minimum Gasteiger partial charge on any atom is -0.296 e. The van der Waals surface area contributed by atoms with Crippen molar-refractivity contribution in [3.8, 4) is 0 Å². The lowest BCUT2D eigenvalue weighted by molar-refractivity contribution is 0.111. The maximum Gasteiger partial charge on any atom is 0.171 e. The Bertz CT molecular complexity index is 518. The topological polar surface area (TPSA) is 69.8 Å². The molecule has 7 heteroatoms. The number of carbonyl (C=O) groups excluding carboxylic acids is 2. The lowest BCUT2D eigenvalue weighted by atomic mass is 10.5. The molecule has 0 bridgehead atoms. The third-order valence-corrected chi connectivity index (χ3v) is 2.39. The molecular formula is C10H11BrN4O2. The van der Waals surface area contributed by atoms with Crippen LogP contribution in [0.3, 0.4) is 0 Å². The van der Waals surface area contributed by atoms with Crippen molar-refractivity contribution in [1.82, 2.24) is 19.6 Å². The van der Waals surface area contributed by atoms with Gasteiger partial charge in [0, 0.05) is 26.5 Å². The zero-order valence-corrected chi connectivity index (χ0v) is 11.0. The number of nitrogens with zero attached hydrogens (tertiary/aromatic N) is 4. The summed E-state index contributed by atoms with van der Waals surface area (Å²) in [5, 5.41) is 7.61. The smallest absolute Gasteiger partial charge is 0.171 e. The monoisotopic (exact) mass is 298 g/mol. The Labute approximate surface area is 106 Å². The first-order valence-electron chi connectivity index (χ1n) is 4.66. The van der Waals surface area contributed by atoms with Crippen LogP contribution in [0, 0.1) is 0 Å². The number of carbonyl (C=O) groups is 2. The predicted octanol–water partition coefficient (Wildman–Crippen LogP) is 1.23. The molecule has 0 N–H and O–H groups in total. The summed E-state index contributed by atoms with van der Waals surface area (Å²) < 4.78 is 3.90. The SMILES string of the molecule is Cn1cc(Br)c(C=O)n1.Cn1ccc(C=O)n1. The first-order valence-corrected chi connectivity index (χ1v) is 5.45. The van der Waals surface area contributed by atoms with Gasteiger partial charge in [0.05, 0.1) is 4.47 Å². The first kappa shape index (κ1) is 13.3. The van der Waals surface area contributed by atoms with Gasteiger partial charge in [-0.3, -0.25) is 19.0 Å². The van der Waals surface area contributed by atoms with Crippen LogP contribution >= 0.6 is 15.9 Å². The maximum atomic E-state index is 10.1. The quantitative estimate of drug-likeness (QED) is 0.782. The largest absolute Gasteiger partial charge is 0.296 e. The van der Waals surface area contributed by atoms with E-state index in [0.29, 0.717) is 17.7 Å². The second-order valence-corrected chi connectivity index (χ2v) is 4.04. The normalized spacial score (nSPS) is 9.35. The van der Waals surface area contributed by atoms with E-state index in [1.807, 2.05) is 0 Å². The van der Waals surface area contributed by atoms with Crippen LogP contribution in [0.2, 0.25) is 0 Å². The van der Waals surface area contributed by atoms with E-state index >= 15 is 0 Å². The number of aromatic nitrogens is 4. The van der Waals surface area contributed by atoms with E-state index in [9.17, 15) is 9.59 Å². The van der Waals surface area contributed by atoms with Crippen molar-refractivity contribution >= 4 is 28.5 Å². The summed E-state index contributed by atoms with van der Waals surface area (Å²) in [6, 6.07) is 1.66. The lowest BCUT2D eigenvalue weighted by Crippen LogP contribution is -1.88. The molecule has 0 aliphatic heterocycles. The molecule has 2 aromatic rings. The zero-order chi connectivity index (χ0) is 12.8. The van der Waals surface area contributed by atoms with Crippen LogP contribution in [0.1, 0.15) is 21.0 Å². The van der Waals surface area contributed by atoms with Gasteiger partial charge in [0.25, 0.3) is 0 Å². The predicted molar refractivity (Wildman–Crippen MR) is 64.9 cm³/mol. The average molecular weight is 299 g/mol. The molecule has 0 aromatic carbocycles. The van der Waals surface area contributed by atoms with Crippen molar-refractivity contribution < 1.29 is 9.59 Å². The molecule has 90 valence electrons. The van der Waals surface area contributed by atoms with Crippen molar-refractivity contribution in [2.45, 2.75) is 0 Å². The van der Waals surface area contributed by atoms with Gasteiger partial charge in [0.2, 0.25) is 0 Å². The Balaban J connectivity index is 0.000000171. The summed E-state index contributed by atoms with van der Waals surface area (Å²) in [5.74, 6) is 0. The molecule has 0 amide bonds. The molecule has 0 unspecified atom stereocenters. The summed E-state index contributed by atoms with van der Waals surface area (Å²) in [4.78, 5) is 20.1. The van der Waals surface area contributed by atoms with Crippen molar-refractivity contribution in [3.05, 3.63) is 34.3 Å². The molecule has 0 radical (unpaired) electrons. The molecule has 2 rings (SSSR count). The maximum absolute atomic E-state index is 10.1. The number of aldehydes is 2. The Kier molecular flexibility index (Phi) is 4.77. The minimum absolute atomic E-state index is 0.442. The van der Waals surface area contributed by atoms with E-state index in [-0.39, 0.29) is 0 Å². The zero-order valence-electron chi connectivity index (χ0n) is 9.37. The fourth-order valence-corrected chi connectivity index (χ4v) is 1.52. The van der Waals surface area contributed by atoms with Crippen molar-refractivity contribution in [3.63, 3.8) is 0 Å². The van der Waals surface area contributed by atoms with Crippen LogP contribution in [-0.4, -0.2) is 32.1 Å². The summed E-state index contributed by atoms with van der Waals surface area (Å²) in [5.41, 5.74) is 0.921. The number of hydrogen-bond donors (Lipinski definition) is 0. The van der Waals surface area contributed by atoms with E-state index in [1.54, 1.807) is 41.9 Å². The lowest BCUT2D eigenvalue weighted by Gasteiger charge is -1.79. The van der Waals surface area contributed by atoms with Gasteiger partial charge in [0.15, 0.2) is 12.6 Å². The molecule has 0 atom stereocenters. The Morgan fingerprint density at radius 1 is 1.18 bits per heavy atom. The van der Waals surface area contributed by atoms with E-state index < -0.39 is 0 Å². The molecule has 2 heterocycles. The number of halogens is 1. The molecule has 0 saturated heterocycles. The fourth-order valence-electron chi connectivity index (χ4n) is 1.05. The molecule has 0 saturated carbocycles. The highest BCUT2D eigenvalue weighted by atomic mass is 79.9. The highest BCUT2D eigenvalue weighted by molar-refractivity contribution is 9.10. The molecule has 6 nitrogen and oxygen atoms in total. The van der Waals surface area contributed by atoms with Crippen LogP contribution < -0.4 is 0 Å². The molecule has 0 aliphatic rings. The highest BCUT2D eigenvalue weighted by Gasteiger charge is 2.00. The Morgan fingerprint density at radius 2 is 1.88 bits per heavy atom. The van der Waals surface area contributed by atoms with E-state index in [1.165, 1.54) is 0 Å². The number of rotatable bonds is 2. The van der Waals surface area contributed by atoms with Gasteiger partial charge in [-0.05, 0) is 22.0 Å². The molecule has 0 spiro atoms. The molecular weight excluding hydrogens is 288 g/mol. The van der Waals surface area contributed by atoms with Gasteiger partial charge in [-0.2, -0.15) is 10.2 Å². The van der Waals surface area contributed by atoms with Crippen LogP contribution in [0.4, 0.5) is 0 Å². The van der Waals surface area contributed by atoms with Crippen LogP contribution in [-0.2, 0) is 14.1 Å². The highest BCUT2D eigenvalue weighted by Crippen LogP contribution is 2.10. The van der Waals surface area contributed by atoms with Gasteiger partial charge < -0.3 is 0 Å². The third kappa shape index (κ3) is 3.95. The summed E-state index contributed by atoms with van der Waals surface area (Å²) in [7, 11) is 3.53. The Morgan fingerprint density at radius 3 is 2.12 bits per heavy atom. The number of hydrogen-bond acceptors (Lipinski definition) is 4. The van der Waals surface area contributed by atoms with E-state index in [2.05, 4.69) is 26.1 Å². The van der Waals surface area contributed by atoms with Gasteiger partial charge in [-0.25, -0.2) is 0 Å². The molecule has 17 heavy (non-hydrogen) atoms. The van der Waals surface area contributed by atoms with Crippen molar-refractivity contribution in [1.29, 1.82) is 0 Å². The van der Waals surface area contributed by atoms with E-state index in [4.69, 9.17) is 0 Å². The second-order valence-electron chi connectivity index (χ2n) is 3.19. The van der Waals surface area contributed by atoms with Gasteiger partial charge >= 0.3 is 0 Å². The first-order chi connectivity index (χ1) is 8.06. The van der Waals surface area contributed by atoms with Crippen LogP contribution in [0.25, 0.3) is 0 Å². The molecule has 0 aliphatic carbocycles.